The fraction of sp³-hybridized carbons (Fsp3) is 0.308. The molecule has 1 aromatic carbocycles. The van der Waals surface area contributed by atoms with Gasteiger partial charge in [-0.25, -0.2) is 0 Å². The van der Waals surface area contributed by atoms with Gasteiger partial charge in [0.2, 0.25) is 0 Å². The van der Waals surface area contributed by atoms with Crippen LogP contribution < -0.4 is 0 Å². The molecule has 2 aromatic rings. The highest BCUT2D eigenvalue weighted by Crippen LogP contribution is 2.24. The summed E-state index contributed by atoms with van der Waals surface area (Å²) >= 11 is 0. The molecule has 0 aliphatic rings. The standard InChI is InChI=1S/C13H12F3NO2/c14-13(15,16)8-19-7-12(18)11-3-1-2-9-6-17-5-4-10(9)11/h1-6,12,18H,7-8H2. The maximum Gasteiger partial charge on any atom is 0.411 e. The molecular formula is C13H12F3NO2. The van der Waals surface area contributed by atoms with Crippen molar-refractivity contribution in [3.63, 3.8) is 0 Å². The van der Waals surface area contributed by atoms with E-state index in [4.69, 9.17) is 0 Å². The molecule has 1 N–H and O–H groups in total. The number of aliphatic hydroxyl groups is 1. The molecule has 0 bridgehead atoms. The summed E-state index contributed by atoms with van der Waals surface area (Å²) in [6.07, 6.45) is -2.30. The van der Waals surface area contributed by atoms with Crippen molar-refractivity contribution in [1.29, 1.82) is 0 Å². The molecule has 1 atom stereocenters. The SMILES string of the molecule is OC(COCC(F)(F)F)c1cccc2cnccc12. The molecular weight excluding hydrogens is 259 g/mol. The van der Waals surface area contributed by atoms with Crippen LogP contribution in [0.1, 0.15) is 11.7 Å². The first-order valence-corrected chi connectivity index (χ1v) is 5.62. The summed E-state index contributed by atoms with van der Waals surface area (Å²) in [6.45, 7) is -1.77. The molecule has 19 heavy (non-hydrogen) atoms. The largest absolute Gasteiger partial charge is 0.411 e. The molecule has 0 aliphatic heterocycles. The first kappa shape index (κ1) is 13.8. The quantitative estimate of drug-likeness (QED) is 0.929. The smallest absolute Gasteiger partial charge is 0.386 e. The van der Waals surface area contributed by atoms with E-state index in [2.05, 4.69) is 9.72 Å². The third-order valence-electron chi connectivity index (χ3n) is 2.61. The second-order valence-electron chi connectivity index (χ2n) is 4.09. The fourth-order valence-electron chi connectivity index (χ4n) is 1.81. The summed E-state index contributed by atoms with van der Waals surface area (Å²) in [5.41, 5.74) is 0.530. The van der Waals surface area contributed by atoms with E-state index in [0.29, 0.717) is 5.56 Å². The van der Waals surface area contributed by atoms with E-state index < -0.39 is 25.5 Å². The minimum absolute atomic E-state index is 0.402. The first-order valence-electron chi connectivity index (χ1n) is 5.62. The summed E-state index contributed by atoms with van der Waals surface area (Å²) in [6, 6.07) is 6.89. The fourth-order valence-corrected chi connectivity index (χ4v) is 1.81. The van der Waals surface area contributed by atoms with Gasteiger partial charge in [0, 0.05) is 17.8 Å². The zero-order valence-corrected chi connectivity index (χ0v) is 9.89. The van der Waals surface area contributed by atoms with E-state index in [1.807, 2.05) is 6.07 Å². The topological polar surface area (TPSA) is 42.4 Å². The van der Waals surface area contributed by atoms with Crippen LogP contribution in [0.4, 0.5) is 13.2 Å². The summed E-state index contributed by atoms with van der Waals surface area (Å²) in [7, 11) is 0. The Hall–Kier alpha value is -1.66. The van der Waals surface area contributed by atoms with Crippen LogP contribution in [0, 0.1) is 0 Å². The number of halogens is 3. The van der Waals surface area contributed by atoms with Crippen LogP contribution in [-0.2, 0) is 4.74 Å². The van der Waals surface area contributed by atoms with Crippen molar-refractivity contribution in [3.8, 4) is 0 Å². The molecule has 1 aromatic heterocycles. The van der Waals surface area contributed by atoms with Crippen LogP contribution in [0.25, 0.3) is 10.8 Å². The zero-order chi connectivity index (χ0) is 13.9. The summed E-state index contributed by atoms with van der Waals surface area (Å²) in [5.74, 6) is 0. The molecule has 3 nitrogen and oxygen atoms in total. The molecule has 0 fully saturated rings. The van der Waals surface area contributed by atoms with Gasteiger partial charge in [0.15, 0.2) is 0 Å². The number of pyridine rings is 1. The number of rotatable bonds is 4. The molecule has 0 amide bonds. The number of fused-ring (bicyclic) bond motifs is 1. The number of benzene rings is 1. The third-order valence-corrected chi connectivity index (χ3v) is 2.61. The monoisotopic (exact) mass is 271 g/mol. The van der Waals surface area contributed by atoms with Gasteiger partial charge >= 0.3 is 6.18 Å². The normalized spacial score (nSPS) is 13.7. The van der Waals surface area contributed by atoms with Crippen molar-refractivity contribution >= 4 is 10.8 Å². The molecule has 2 rings (SSSR count). The Bertz CT molecular complexity index is 552. The highest BCUT2D eigenvalue weighted by atomic mass is 19.4. The zero-order valence-electron chi connectivity index (χ0n) is 9.89. The van der Waals surface area contributed by atoms with Crippen LogP contribution >= 0.6 is 0 Å². The molecule has 1 unspecified atom stereocenters. The number of hydrogen-bond donors (Lipinski definition) is 1. The molecule has 102 valence electrons. The van der Waals surface area contributed by atoms with Gasteiger partial charge in [-0.05, 0) is 17.0 Å². The molecule has 0 spiro atoms. The average molecular weight is 271 g/mol. The highest BCUT2D eigenvalue weighted by molar-refractivity contribution is 5.85. The number of aliphatic hydroxyl groups excluding tert-OH is 1. The van der Waals surface area contributed by atoms with E-state index in [1.165, 1.54) is 0 Å². The molecule has 0 saturated heterocycles. The van der Waals surface area contributed by atoms with Crippen molar-refractivity contribution in [2.24, 2.45) is 0 Å². The van der Waals surface area contributed by atoms with Crippen molar-refractivity contribution in [2.45, 2.75) is 12.3 Å². The van der Waals surface area contributed by atoms with Gasteiger partial charge in [-0.15, -0.1) is 0 Å². The molecule has 0 radical (unpaired) electrons. The van der Waals surface area contributed by atoms with E-state index in [0.717, 1.165) is 10.8 Å². The van der Waals surface area contributed by atoms with Gasteiger partial charge < -0.3 is 9.84 Å². The van der Waals surface area contributed by atoms with Crippen LogP contribution in [0.3, 0.4) is 0 Å². The number of hydrogen-bond acceptors (Lipinski definition) is 3. The third kappa shape index (κ3) is 3.65. The Balaban J connectivity index is 2.11. The molecule has 6 heteroatoms. The number of ether oxygens (including phenoxy) is 1. The van der Waals surface area contributed by atoms with Crippen LogP contribution in [-0.4, -0.2) is 29.5 Å². The molecule has 1 heterocycles. The summed E-state index contributed by atoms with van der Waals surface area (Å²) < 4.78 is 40.3. The van der Waals surface area contributed by atoms with Gasteiger partial charge in [-0.2, -0.15) is 13.2 Å². The minimum atomic E-state index is -4.39. The number of alkyl halides is 3. The van der Waals surface area contributed by atoms with Gasteiger partial charge in [0.1, 0.15) is 12.7 Å². The molecule has 0 aliphatic carbocycles. The average Bonchev–Trinajstić information content (AvgIpc) is 2.36. The highest BCUT2D eigenvalue weighted by Gasteiger charge is 2.28. The Morgan fingerprint density at radius 3 is 2.79 bits per heavy atom. The van der Waals surface area contributed by atoms with Crippen molar-refractivity contribution in [3.05, 3.63) is 42.2 Å². The van der Waals surface area contributed by atoms with Gasteiger partial charge in [-0.1, -0.05) is 18.2 Å². The van der Waals surface area contributed by atoms with Crippen molar-refractivity contribution in [2.75, 3.05) is 13.2 Å². The van der Waals surface area contributed by atoms with Crippen LogP contribution in [0.5, 0.6) is 0 Å². The van der Waals surface area contributed by atoms with Gasteiger partial charge in [0.25, 0.3) is 0 Å². The number of nitrogens with zero attached hydrogens (tertiary/aromatic N) is 1. The lowest BCUT2D eigenvalue weighted by atomic mass is 10.0. The Kier molecular flexibility index (Phi) is 4.01. The van der Waals surface area contributed by atoms with E-state index in [1.54, 1.807) is 30.6 Å². The predicted octanol–water partition coefficient (Wildman–Crippen LogP) is 2.85. The van der Waals surface area contributed by atoms with Gasteiger partial charge in [-0.3, -0.25) is 4.98 Å². The minimum Gasteiger partial charge on any atom is -0.386 e. The van der Waals surface area contributed by atoms with Crippen LogP contribution in [0.2, 0.25) is 0 Å². The van der Waals surface area contributed by atoms with Gasteiger partial charge in [0.05, 0.1) is 6.61 Å². The maximum atomic E-state index is 11.9. The van der Waals surface area contributed by atoms with Crippen molar-refractivity contribution < 1.29 is 23.0 Å². The second-order valence-corrected chi connectivity index (χ2v) is 4.09. The van der Waals surface area contributed by atoms with E-state index >= 15 is 0 Å². The number of aromatic nitrogens is 1. The van der Waals surface area contributed by atoms with E-state index in [9.17, 15) is 18.3 Å². The van der Waals surface area contributed by atoms with Crippen molar-refractivity contribution in [1.82, 2.24) is 4.98 Å². The maximum absolute atomic E-state index is 11.9. The lowest BCUT2D eigenvalue weighted by molar-refractivity contribution is -0.179. The Morgan fingerprint density at radius 1 is 1.26 bits per heavy atom. The Morgan fingerprint density at radius 2 is 2.05 bits per heavy atom. The van der Waals surface area contributed by atoms with E-state index in [-0.39, 0.29) is 0 Å². The lowest BCUT2D eigenvalue weighted by Crippen LogP contribution is -2.19. The Labute approximate surface area is 107 Å². The first-order chi connectivity index (χ1) is 8.97. The lowest BCUT2D eigenvalue weighted by Gasteiger charge is -2.14. The second kappa shape index (κ2) is 5.54. The summed E-state index contributed by atoms with van der Waals surface area (Å²) in [4.78, 5) is 3.95. The summed E-state index contributed by atoms with van der Waals surface area (Å²) in [5, 5.41) is 11.5. The van der Waals surface area contributed by atoms with Crippen LogP contribution in [0.15, 0.2) is 36.7 Å². The predicted molar refractivity (Wildman–Crippen MR) is 63.6 cm³/mol. The molecule has 0 saturated carbocycles.